The SMILES string of the molecule is CCc1ccccc1-c1cccc2c1C=C(C(C)CC)[CH]2[Hf]([c]1cccc2c1[SiH2]c1ccccc1-2)[CH]1C(C(C)CC)=Cc2c(-c3ccccc3CC)cccc21. The second kappa shape index (κ2) is 15.7. The summed E-state index contributed by atoms with van der Waals surface area (Å²) in [7, 11) is -0.622. The molecule has 0 nitrogen and oxygen atoms in total. The molecule has 0 fully saturated rings. The molecule has 4 unspecified atom stereocenters. The molecule has 6 aromatic carbocycles. The van der Waals surface area contributed by atoms with E-state index in [1.807, 2.05) is 3.32 Å². The molecule has 1 heterocycles. The van der Waals surface area contributed by atoms with Gasteiger partial charge in [-0.25, -0.2) is 0 Å². The molecular formula is C54H55HfSi. The Hall–Kier alpha value is -4.11. The van der Waals surface area contributed by atoms with Crippen LogP contribution in [0.2, 0.25) is 0 Å². The molecule has 6 aromatic rings. The Balaban J connectivity index is 1.34. The number of hydrogen-bond acceptors (Lipinski definition) is 0. The van der Waals surface area contributed by atoms with Crippen molar-refractivity contribution in [3.63, 3.8) is 0 Å². The van der Waals surface area contributed by atoms with E-state index in [2.05, 4.69) is 181 Å². The molecule has 0 radical (unpaired) electrons. The first kappa shape index (κ1) is 37.5. The van der Waals surface area contributed by atoms with Gasteiger partial charge in [-0.1, -0.05) is 0 Å². The van der Waals surface area contributed by atoms with Gasteiger partial charge in [-0.2, -0.15) is 0 Å². The Morgan fingerprint density at radius 1 is 0.482 bits per heavy atom. The van der Waals surface area contributed by atoms with Gasteiger partial charge in [-0.3, -0.25) is 0 Å². The van der Waals surface area contributed by atoms with Gasteiger partial charge in [0.25, 0.3) is 0 Å². The summed E-state index contributed by atoms with van der Waals surface area (Å²) in [5, 5.41) is 3.40. The first-order valence-corrected chi connectivity index (χ1v) is 28.8. The molecule has 56 heavy (non-hydrogen) atoms. The van der Waals surface area contributed by atoms with Gasteiger partial charge in [0, 0.05) is 0 Å². The van der Waals surface area contributed by atoms with Crippen LogP contribution in [0.1, 0.15) is 95.1 Å². The summed E-state index contributed by atoms with van der Waals surface area (Å²) >= 11 is -3.17. The van der Waals surface area contributed by atoms with Crippen molar-refractivity contribution in [1.29, 1.82) is 0 Å². The zero-order valence-electron chi connectivity index (χ0n) is 34.1. The molecule has 2 heteroatoms. The second-order valence-electron chi connectivity index (χ2n) is 16.5. The third-order valence-electron chi connectivity index (χ3n) is 13.7. The summed E-state index contributed by atoms with van der Waals surface area (Å²) in [5.74, 6) is 1.04. The predicted molar refractivity (Wildman–Crippen MR) is 242 cm³/mol. The fourth-order valence-electron chi connectivity index (χ4n) is 10.4. The van der Waals surface area contributed by atoms with Gasteiger partial charge in [0.2, 0.25) is 0 Å². The van der Waals surface area contributed by atoms with Gasteiger partial charge < -0.3 is 0 Å². The fourth-order valence-corrected chi connectivity index (χ4v) is 30.6. The minimum absolute atomic E-state index is 0.484. The van der Waals surface area contributed by atoms with E-state index in [0.717, 1.165) is 25.7 Å². The van der Waals surface area contributed by atoms with Gasteiger partial charge in [0.15, 0.2) is 0 Å². The number of fused-ring (bicyclic) bond motifs is 5. The third-order valence-corrected chi connectivity index (χ3v) is 30.1. The number of allylic oxidation sites excluding steroid dienone is 2. The van der Waals surface area contributed by atoms with Crippen molar-refractivity contribution in [2.75, 3.05) is 0 Å². The molecule has 4 atom stereocenters. The summed E-state index contributed by atoms with van der Waals surface area (Å²) in [4.78, 5) is 0. The maximum atomic E-state index is 2.71. The van der Waals surface area contributed by atoms with Crippen molar-refractivity contribution in [3.05, 3.63) is 172 Å². The number of benzene rings is 6. The van der Waals surface area contributed by atoms with Crippen LogP contribution in [0, 0.1) is 11.8 Å². The van der Waals surface area contributed by atoms with Crippen LogP contribution in [-0.4, -0.2) is 9.52 Å². The monoisotopic (exact) mass is 911 g/mol. The van der Waals surface area contributed by atoms with Crippen molar-refractivity contribution < 1.29 is 21.4 Å². The molecule has 0 aromatic heterocycles. The summed E-state index contributed by atoms with van der Waals surface area (Å²) in [6.07, 6.45) is 9.84. The van der Waals surface area contributed by atoms with Crippen LogP contribution in [0.5, 0.6) is 0 Å². The third kappa shape index (κ3) is 6.18. The van der Waals surface area contributed by atoms with Crippen LogP contribution in [-0.2, 0) is 34.3 Å². The quantitative estimate of drug-likeness (QED) is 0.113. The number of rotatable bonds is 11. The molecule has 1 aliphatic heterocycles. The average Bonchev–Trinajstić information content (AvgIpc) is 3.96. The Kier molecular flexibility index (Phi) is 10.5. The summed E-state index contributed by atoms with van der Waals surface area (Å²) in [6, 6.07) is 50.0. The Morgan fingerprint density at radius 2 is 0.929 bits per heavy atom. The molecule has 2 aliphatic carbocycles. The van der Waals surface area contributed by atoms with Crippen molar-refractivity contribution in [3.8, 4) is 33.4 Å². The van der Waals surface area contributed by atoms with E-state index in [1.165, 1.54) is 50.1 Å². The fraction of sp³-hybridized carbons (Fsp3) is 0.259. The van der Waals surface area contributed by atoms with Crippen LogP contribution in [0.4, 0.5) is 0 Å². The molecule has 3 aliphatic rings. The molecular weight excluding hydrogens is 855 g/mol. The summed E-state index contributed by atoms with van der Waals surface area (Å²) in [6.45, 7) is 14.5. The van der Waals surface area contributed by atoms with Gasteiger partial charge >= 0.3 is 349 Å². The van der Waals surface area contributed by atoms with Crippen LogP contribution in [0.15, 0.2) is 139 Å². The Morgan fingerprint density at radius 3 is 1.45 bits per heavy atom. The predicted octanol–water partition coefficient (Wildman–Crippen LogP) is 11.9. The van der Waals surface area contributed by atoms with Crippen molar-refractivity contribution >= 4 is 35.4 Å². The molecule has 0 N–H and O–H groups in total. The molecule has 0 amide bonds. The van der Waals surface area contributed by atoms with Gasteiger partial charge in [0.05, 0.1) is 0 Å². The Bertz CT molecular complexity index is 2390. The van der Waals surface area contributed by atoms with Crippen LogP contribution < -0.4 is 13.7 Å². The van der Waals surface area contributed by atoms with E-state index in [9.17, 15) is 0 Å². The first-order valence-electron chi connectivity index (χ1n) is 21.4. The molecule has 0 saturated heterocycles. The topological polar surface area (TPSA) is 0 Å². The molecule has 0 bridgehead atoms. The first-order chi connectivity index (χ1) is 27.5. The summed E-state index contributed by atoms with van der Waals surface area (Å²) in [5.41, 5.74) is 21.3. The van der Waals surface area contributed by atoms with E-state index >= 15 is 0 Å². The number of hydrogen-bond donors (Lipinski definition) is 0. The Labute approximate surface area is 346 Å². The van der Waals surface area contributed by atoms with Gasteiger partial charge in [0.1, 0.15) is 0 Å². The van der Waals surface area contributed by atoms with E-state index in [0.29, 0.717) is 19.2 Å². The van der Waals surface area contributed by atoms with Gasteiger partial charge in [-0.15, -0.1) is 0 Å². The van der Waals surface area contributed by atoms with E-state index in [1.54, 1.807) is 38.2 Å². The second-order valence-corrected chi connectivity index (χ2v) is 27.7. The zero-order chi connectivity index (χ0) is 38.5. The van der Waals surface area contributed by atoms with Gasteiger partial charge in [-0.05, 0) is 0 Å². The van der Waals surface area contributed by atoms with Crippen LogP contribution >= 0.6 is 0 Å². The molecule has 9 rings (SSSR count). The van der Waals surface area contributed by atoms with Crippen molar-refractivity contribution in [2.24, 2.45) is 11.8 Å². The standard InChI is InChI=1S/2C21H23.C12H9Si.Hf/c2*1-4-15(3)18-13-17-10-8-12-20(21(17)14-18)19-11-7-6-9-16(19)5-2;1-3-7-11-9(5-1)10-6-2-4-8-12(10)13-11;/h2*6-15H,4-5H2,1-3H3;1-7H,13H2;. The van der Waals surface area contributed by atoms with E-state index < -0.39 is 31.0 Å². The van der Waals surface area contributed by atoms with Crippen molar-refractivity contribution in [2.45, 2.75) is 74.6 Å². The van der Waals surface area contributed by atoms with E-state index in [-0.39, 0.29) is 0 Å². The summed E-state index contributed by atoms with van der Waals surface area (Å²) < 4.78 is 2.78. The normalized spacial score (nSPS) is 17.8. The molecule has 0 saturated carbocycles. The molecule has 279 valence electrons. The van der Waals surface area contributed by atoms with Crippen LogP contribution in [0.25, 0.3) is 45.5 Å². The van der Waals surface area contributed by atoms with E-state index in [4.69, 9.17) is 0 Å². The van der Waals surface area contributed by atoms with Crippen LogP contribution in [0.3, 0.4) is 0 Å². The minimum atomic E-state index is -3.17. The zero-order valence-corrected chi connectivity index (χ0v) is 39.1. The van der Waals surface area contributed by atoms with Crippen molar-refractivity contribution in [1.82, 2.24) is 0 Å². The number of aryl methyl sites for hydroxylation is 2. The molecule has 0 spiro atoms. The maximum absolute atomic E-state index is 3.17. The average molecular weight is 911 g/mol.